The minimum atomic E-state index is -0.485. The molecule has 0 saturated carbocycles. The average Bonchev–Trinajstić information content (AvgIpc) is 2.82. The lowest BCUT2D eigenvalue weighted by Crippen LogP contribution is -2.03. The van der Waals surface area contributed by atoms with Gasteiger partial charge in [0.05, 0.1) is 5.69 Å². The second-order valence-electron chi connectivity index (χ2n) is 3.64. The van der Waals surface area contributed by atoms with Gasteiger partial charge in [0, 0.05) is 26.0 Å². The fourth-order valence-electron chi connectivity index (χ4n) is 1.55. The number of nitrogens with zero attached hydrogens (tertiary/aromatic N) is 1. The molecular formula is C12H14FN3O2. The van der Waals surface area contributed by atoms with Crippen LogP contribution in [0.25, 0.3) is 0 Å². The molecule has 0 amide bonds. The first-order valence-electron chi connectivity index (χ1n) is 5.36. The van der Waals surface area contributed by atoms with Crippen LogP contribution in [0.2, 0.25) is 0 Å². The van der Waals surface area contributed by atoms with Crippen molar-refractivity contribution in [3.63, 3.8) is 0 Å². The Morgan fingerprint density at radius 2 is 1.89 bits per heavy atom. The molecule has 0 radical (unpaired) electrons. The first-order chi connectivity index (χ1) is 8.72. The summed E-state index contributed by atoms with van der Waals surface area (Å²) < 4.78 is 22.9. The Morgan fingerprint density at radius 1 is 1.22 bits per heavy atom. The van der Waals surface area contributed by atoms with E-state index >= 15 is 0 Å². The fraction of sp³-hybridized carbons (Fsp3) is 0.250. The molecule has 2 aromatic rings. The maximum absolute atomic E-state index is 12.7. The Kier molecular flexibility index (Phi) is 3.91. The summed E-state index contributed by atoms with van der Waals surface area (Å²) in [6.07, 6.45) is -0.485. The third-order valence-electron chi connectivity index (χ3n) is 2.40. The van der Waals surface area contributed by atoms with E-state index in [1.165, 1.54) is 12.1 Å². The zero-order valence-corrected chi connectivity index (χ0v) is 10.1. The van der Waals surface area contributed by atoms with Crippen LogP contribution in [-0.2, 0) is 9.47 Å². The van der Waals surface area contributed by atoms with Crippen molar-refractivity contribution in [3.05, 3.63) is 41.8 Å². The van der Waals surface area contributed by atoms with Crippen molar-refractivity contribution in [3.8, 4) is 0 Å². The van der Waals surface area contributed by atoms with Gasteiger partial charge in [0.15, 0.2) is 12.1 Å². The summed E-state index contributed by atoms with van der Waals surface area (Å²) in [5.74, 6) is 0.331. The SMILES string of the molecule is COC(OC)c1cc(Nc2ccc(F)cc2)n[nH]1. The molecular weight excluding hydrogens is 237 g/mol. The zero-order chi connectivity index (χ0) is 13.0. The van der Waals surface area contributed by atoms with Gasteiger partial charge in [0.2, 0.25) is 0 Å². The topological polar surface area (TPSA) is 59.2 Å². The highest BCUT2D eigenvalue weighted by atomic mass is 19.1. The summed E-state index contributed by atoms with van der Waals surface area (Å²) in [4.78, 5) is 0. The number of rotatable bonds is 5. The molecule has 0 spiro atoms. The summed E-state index contributed by atoms with van der Waals surface area (Å²) >= 11 is 0. The summed E-state index contributed by atoms with van der Waals surface area (Å²) in [5.41, 5.74) is 1.45. The Balaban J connectivity index is 2.08. The van der Waals surface area contributed by atoms with E-state index in [9.17, 15) is 4.39 Å². The van der Waals surface area contributed by atoms with Gasteiger partial charge in [0.25, 0.3) is 0 Å². The van der Waals surface area contributed by atoms with Crippen molar-refractivity contribution >= 4 is 11.5 Å². The number of aromatic nitrogens is 2. The molecule has 6 heteroatoms. The minimum Gasteiger partial charge on any atom is -0.350 e. The highest BCUT2D eigenvalue weighted by Gasteiger charge is 2.12. The number of hydrogen-bond acceptors (Lipinski definition) is 4. The van der Waals surface area contributed by atoms with Gasteiger partial charge in [-0.25, -0.2) is 4.39 Å². The Hall–Kier alpha value is -1.92. The summed E-state index contributed by atoms with van der Waals surface area (Å²) in [7, 11) is 3.09. The summed E-state index contributed by atoms with van der Waals surface area (Å²) in [6, 6.07) is 7.79. The average molecular weight is 251 g/mol. The van der Waals surface area contributed by atoms with Gasteiger partial charge in [-0.05, 0) is 24.3 Å². The number of anilines is 2. The Labute approximate surface area is 104 Å². The Bertz CT molecular complexity index is 494. The number of ether oxygens (including phenoxy) is 2. The molecule has 0 aliphatic heterocycles. The fourth-order valence-corrected chi connectivity index (χ4v) is 1.55. The molecule has 0 fully saturated rings. The summed E-state index contributed by atoms with van der Waals surface area (Å²) in [5, 5.41) is 9.90. The normalized spacial score (nSPS) is 10.9. The van der Waals surface area contributed by atoms with Gasteiger partial charge in [-0.2, -0.15) is 5.10 Å². The molecule has 1 heterocycles. The van der Waals surface area contributed by atoms with E-state index in [0.717, 1.165) is 5.69 Å². The first kappa shape index (κ1) is 12.5. The number of H-pyrrole nitrogens is 1. The van der Waals surface area contributed by atoms with Gasteiger partial charge < -0.3 is 14.8 Å². The van der Waals surface area contributed by atoms with Gasteiger partial charge in [-0.1, -0.05) is 0 Å². The highest BCUT2D eigenvalue weighted by molar-refractivity contribution is 5.55. The molecule has 2 N–H and O–H groups in total. The van der Waals surface area contributed by atoms with E-state index in [1.807, 2.05) is 0 Å². The molecule has 96 valence electrons. The van der Waals surface area contributed by atoms with Gasteiger partial charge in [0.1, 0.15) is 5.82 Å². The van der Waals surface area contributed by atoms with Crippen LogP contribution in [0.1, 0.15) is 12.0 Å². The van der Waals surface area contributed by atoms with Gasteiger partial charge >= 0.3 is 0 Å². The second kappa shape index (κ2) is 5.61. The van der Waals surface area contributed by atoms with Gasteiger partial charge in [-0.15, -0.1) is 0 Å². The largest absolute Gasteiger partial charge is 0.350 e. The van der Waals surface area contributed by atoms with E-state index in [0.29, 0.717) is 11.5 Å². The molecule has 5 nitrogen and oxygen atoms in total. The number of aromatic amines is 1. The Morgan fingerprint density at radius 3 is 2.50 bits per heavy atom. The summed E-state index contributed by atoms with van der Waals surface area (Å²) in [6.45, 7) is 0. The molecule has 18 heavy (non-hydrogen) atoms. The van der Waals surface area contributed by atoms with Crippen LogP contribution < -0.4 is 5.32 Å². The van der Waals surface area contributed by atoms with Crippen LogP contribution in [-0.4, -0.2) is 24.4 Å². The molecule has 0 saturated heterocycles. The molecule has 2 rings (SSSR count). The number of hydrogen-bond donors (Lipinski definition) is 2. The lowest BCUT2D eigenvalue weighted by molar-refractivity contribution is -0.108. The number of benzene rings is 1. The number of methoxy groups -OCH3 is 2. The third kappa shape index (κ3) is 2.85. The van der Waals surface area contributed by atoms with Crippen LogP contribution >= 0.6 is 0 Å². The van der Waals surface area contributed by atoms with Crippen LogP contribution in [0.3, 0.4) is 0 Å². The van der Waals surface area contributed by atoms with E-state index in [-0.39, 0.29) is 5.82 Å². The maximum atomic E-state index is 12.7. The van der Waals surface area contributed by atoms with E-state index in [1.54, 1.807) is 32.4 Å². The molecule has 1 aromatic heterocycles. The van der Waals surface area contributed by atoms with Crippen LogP contribution in [0, 0.1) is 5.82 Å². The zero-order valence-electron chi connectivity index (χ0n) is 10.1. The minimum absolute atomic E-state index is 0.276. The van der Waals surface area contributed by atoms with Crippen LogP contribution in [0.15, 0.2) is 30.3 Å². The monoisotopic (exact) mass is 251 g/mol. The van der Waals surface area contributed by atoms with Crippen molar-refractivity contribution in [2.45, 2.75) is 6.29 Å². The molecule has 0 aliphatic rings. The van der Waals surface area contributed by atoms with E-state index in [2.05, 4.69) is 15.5 Å². The van der Waals surface area contributed by atoms with E-state index < -0.39 is 6.29 Å². The van der Waals surface area contributed by atoms with E-state index in [4.69, 9.17) is 9.47 Å². The van der Waals surface area contributed by atoms with Crippen molar-refractivity contribution in [1.82, 2.24) is 10.2 Å². The quantitative estimate of drug-likeness (QED) is 0.802. The maximum Gasteiger partial charge on any atom is 0.200 e. The smallest absolute Gasteiger partial charge is 0.200 e. The van der Waals surface area contributed by atoms with Crippen molar-refractivity contribution < 1.29 is 13.9 Å². The molecule has 0 unspecified atom stereocenters. The number of halogens is 1. The highest BCUT2D eigenvalue weighted by Crippen LogP contribution is 2.20. The van der Waals surface area contributed by atoms with Crippen molar-refractivity contribution in [2.24, 2.45) is 0 Å². The lowest BCUT2D eigenvalue weighted by Gasteiger charge is -2.09. The van der Waals surface area contributed by atoms with Gasteiger partial charge in [-0.3, -0.25) is 5.10 Å². The molecule has 0 bridgehead atoms. The first-order valence-corrected chi connectivity index (χ1v) is 5.36. The van der Waals surface area contributed by atoms with Crippen molar-refractivity contribution in [2.75, 3.05) is 19.5 Å². The van der Waals surface area contributed by atoms with Crippen LogP contribution in [0.5, 0.6) is 0 Å². The molecule has 1 aromatic carbocycles. The standard InChI is InChI=1S/C12H14FN3O2/c1-17-12(18-2)10-7-11(16-15-10)14-9-5-3-8(13)4-6-9/h3-7,12H,1-2H3,(H2,14,15,16). The molecule has 0 atom stereocenters. The second-order valence-corrected chi connectivity index (χ2v) is 3.64. The number of nitrogens with one attached hydrogen (secondary N) is 2. The predicted octanol–water partition coefficient (Wildman–Crippen LogP) is 2.58. The predicted molar refractivity (Wildman–Crippen MR) is 65.0 cm³/mol. The molecule has 0 aliphatic carbocycles. The van der Waals surface area contributed by atoms with Crippen LogP contribution in [0.4, 0.5) is 15.9 Å². The third-order valence-corrected chi connectivity index (χ3v) is 2.40. The van der Waals surface area contributed by atoms with Crippen molar-refractivity contribution in [1.29, 1.82) is 0 Å². The lowest BCUT2D eigenvalue weighted by atomic mass is 10.3.